The largest absolute Gasteiger partial charge is 0.494 e. The molecule has 0 spiro atoms. The summed E-state index contributed by atoms with van der Waals surface area (Å²) in [6.07, 6.45) is 1.94. The van der Waals surface area contributed by atoms with E-state index in [0.717, 1.165) is 24.0 Å². The summed E-state index contributed by atoms with van der Waals surface area (Å²) >= 11 is 0. The number of ether oxygens (including phenoxy) is 5. The minimum absolute atomic E-state index is 0.0358. The maximum atomic E-state index is 13.1. The van der Waals surface area contributed by atoms with Gasteiger partial charge in [-0.25, -0.2) is 14.4 Å². The first-order valence-corrected chi connectivity index (χ1v) is 14.1. The predicted molar refractivity (Wildman–Crippen MR) is 161 cm³/mol. The molecule has 4 aromatic rings. The van der Waals surface area contributed by atoms with Crippen LogP contribution in [0.5, 0.6) is 17.2 Å². The van der Waals surface area contributed by atoms with Crippen molar-refractivity contribution in [3.05, 3.63) is 125 Å². The normalized spacial score (nSPS) is 10.6. The maximum Gasteiger partial charge on any atom is 0.343 e. The van der Waals surface area contributed by atoms with Crippen molar-refractivity contribution in [2.24, 2.45) is 0 Å². The molecule has 8 nitrogen and oxygen atoms in total. The summed E-state index contributed by atoms with van der Waals surface area (Å²) < 4.78 is 27.7. The van der Waals surface area contributed by atoms with Crippen molar-refractivity contribution in [2.75, 3.05) is 19.8 Å². The minimum atomic E-state index is -0.765. The molecule has 0 saturated heterocycles. The highest BCUT2D eigenvalue weighted by Crippen LogP contribution is 2.27. The third-order valence-corrected chi connectivity index (χ3v) is 6.30. The van der Waals surface area contributed by atoms with E-state index in [1.54, 1.807) is 48.5 Å². The molecule has 8 heteroatoms. The second-order valence-electron chi connectivity index (χ2n) is 9.70. The van der Waals surface area contributed by atoms with Crippen LogP contribution in [0.3, 0.4) is 0 Å². The Balaban J connectivity index is 1.45. The molecule has 0 aliphatic rings. The van der Waals surface area contributed by atoms with Crippen LogP contribution in [-0.4, -0.2) is 37.7 Å². The molecule has 0 saturated carbocycles. The summed E-state index contributed by atoms with van der Waals surface area (Å²) in [5.41, 5.74) is 2.53. The molecular weight excluding hydrogens is 548 g/mol. The Morgan fingerprint density at radius 3 is 2.00 bits per heavy atom. The Bertz CT molecular complexity index is 1500. The van der Waals surface area contributed by atoms with E-state index in [1.165, 1.54) is 18.2 Å². The zero-order valence-electron chi connectivity index (χ0n) is 24.2. The van der Waals surface area contributed by atoms with Gasteiger partial charge in [-0.05, 0) is 73.5 Å². The lowest BCUT2D eigenvalue weighted by atomic mass is 10.1. The smallest absolute Gasteiger partial charge is 0.343 e. The summed E-state index contributed by atoms with van der Waals surface area (Å²) in [6, 6.07) is 27.2. The van der Waals surface area contributed by atoms with Crippen LogP contribution in [0.2, 0.25) is 0 Å². The Labute approximate surface area is 251 Å². The van der Waals surface area contributed by atoms with E-state index < -0.39 is 17.9 Å². The Hall–Kier alpha value is -4.95. The van der Waals surface area contributed by atoms with Gasteiger partial charge in [-0.3, -0.25) is 0 Å². The Morgan fingerprint density at radius 1 is 0.651 bits per heavy atom. The zero-order valence-corrected chi connectivity index (χ0v) is 24.2. The summed E-state index contributed by atoms with van der Waals surface area (Å²) in [5, 5.41) is 0. The van der Waals surface area contributed by atoms with Crippen molar-refractivity contribution in [3.8, 4) is 17.2 Å². The van der Waals surface area contributed by atoms with Gasteiger partial charge in [0.05, 0.1) is 30.9 Å². The highest BCUT2D eigenvalue weighted by Gasteiger charge is 2.20. The molecule has 0 aromatic heterocycles. The highest BCUT2D eigenvalue weighted by molar-refractivity contribution is 5.97. The average molecular weight is 583 g/mol. The van der Waals surface area contributed by atoms with Crippen molar-refractivity contribution >= 4 is 17.9 Å². The molecule has 4 aromatic carbocycles. The lowest BCUT2D eigenvalue weighted by Crippen LogP contribution is -2.16. The molecule has 222 valence electrons. The van der Waals surface area contributed by atoms with Crippen LogP contribution in [0.4, 0.5) is 0 Å². The van der Waals surface area contributed by atoms with Crippen molar-refractivity contribution < 1.29 is 38.1 Å². The zero-order chi connectivity index (χ0) is 30.4. The van der Waals surface area contributed by atoms with Gasteiger partial charge in [0.2, 0.25) is 0 Å². The molecule has 0 heterocycles. The molecule has 0 aliphatic heterocycles. The summed E-state index contributed by atoms with van der Waals surface area (Å²) in [6.45, 7) is 5.07. The molecule has 0 fully saturated rings. The topological polar surface area (TPSA) is 97.4 Å². The Kier molecular flexibility index (Phi) is 11.5. The average Bonchev–Trinajstić information content (AvgIpc) is 3.02. The van der Waals surface area contributed by atoms with E-state index >= 15 is 0 Å². The van der Waals surface area contributed by atoms with Crippen molar-refractivity contribution in [1.82, 2.24) is 0 Å². The van der Waals surface area contributed by atoms with Crippen LogP contribution in [-0.2, 0) is 16.1 Å². The van der Waals surface area contributed by atoms with Crippen molar-refractivity contribution in [1.29, 1.82) is 0 Å². The monoisotopic (exact) mass is 582 g/mol. The number of carbonyl (C=O) groups excluding carboxylic acids is 3. The second kappa shape index (κ2) is 15.9. The number of aryl methyl sites for hydroxylation is 1. The first-order valence-electron chi connectivity index (χ1n) is 14.1. The first kappa shape index (κ1) is 31.0. The third kappa shape index (κ3) is 9.55. The molecule has 0 N–H and O–H groups in total. The van der Waals surface area contributed by atoms with Crippen LogP contribution in [0, 0.1) is 6.92 Å². The lowest BCUT2D eigenvalue weighted by molar-refractivity contribution is 0.0284. The standard InChI is InChI=1S/C35H34O8/c1-3-4-20-40-29-16-14-28(15-17-29)34(37)43-32-19-18-30(42-33(36)27-12-10-25(2)11-13-27)23-31(32)35(38)41-22-21-39-24-26-8-6-5-7-9-26/h5-19,23H,3-4,20-22,24H2,1-2H3. The molecule has 0 amide bonds. The van der Waals surface area contributed by atoms with Crippen LogP contribution in [0.15, 0.2) is 97.1 Å². The van der Waals surface area contributed by atoms with Gasteiger partial charge in [0.15, 0.2) is 0 Å². The van der Waals surface area contributed by atoms with E-state index in [-0.39, 0.29) is 35.8 Å². The van der Waals surface area contributed by atoms with Crippen molar-refractivity contribution in [2.45, 2.75) is 33.3 Å². The molecule has 0 unspecified atom stereocenters. The quantitative estimate of drug-likeness (QED) is 0.0892. The predicted octanol–water partition coefficient (Wildman–Crippen LogP) is 6.99. The summed E-state index contributed by atoms with van der Waals surface area (Å²) in [4.78, 5) is 38.7. The number of carbonyl (C=O) groups is 3. The van der Waals surface area contributed by atoms with E-state index in [2.05, 4.69) is 6.92 Å². The first-order chi connectivity index (χ1) is 20.9. The van der Waals surface area contributed by atoms with Gasteiger partial charge in [0.1, 0.15) is 29.4 Å². The van der Waals surface area contributed by atoms with Gasteiger partial charge in [-0.2, -0.15) is 0 Å². The fraction of sp³-hybridized carbons (Fsp3) is 0.229. The van der Waals surface area contributed by atoms with Crippen LogP contribution < -0.4 is 14.2 Å². The lowest BCUT2D eigenvalue weighted by Gasteiger charge is -2.13. The van der Waals surface area contributed by atoms with Gasteiger partial charge < -0.3 is 23.7 Å². The summed E-state index contributed by atoms with van der Waals surface area (Å²) in [5.74, 6) is -1.35. The minimum Gasteiger partial charge on any atom is -0.494 e. The molecular formula is C35H34O8. The van der Waals surface area contributed by atoms with Gasteiger partial charge in [0.25, 0.3) is 0 Å². The maximum absolute atomic E-state index is 13.1. The molecule has 0 aliphatic carbocycles. The molecule has 4 rings (SSSR count). The van der Waals surface area contributed by atoms with E-state index in [0.29, 0.717) is 24.5 Å². The SMILES string of the molecule is CCCCOc1ccc(C(=O)Oc2ccc(OC(=O)c3ccc(C)cc3)cc2C(=O)OCCOCc2ccccc2)cc1. The van der Waals surface area contributed by atoms with Gasteiger partial charge in [-0.1, -0.05) is 61.4 Å². The molecule has 43 heavy (non-hydrogen) atoms. The van der Waals surface area contributed by atoms with E-state index in [4.69, 9.17) is 23.7 Å². The van der Waals surface area contributed by atoms with Crippen LogP contribution in [0.1, 0.15) is 62.0 Å². The summed E-state index contributed by atoms with van der Waals surface area (Å²) in [7, 11) is 0. The highest BCUT2D eigenvalue weighted by atomic mass is 16.6. The number of hydrogen-bond acceptors (Lipinski definition) is 8. The molecule has 0 radical (unpaired) electrons. The third-order valence-electron chi connectivity index (χ3n) is 6.30. The number of hydrogen-bond donors (Lipinski definition) is 0. The van der Waals surface area contributed by atoms with E-state index in [9.17, 15) is 14.4 Å². The second-order valence-corrected chi connectivity index (χ2v) is 9.70. The van der Waals surface area contributed by atoms with Crippen LogP contribution >= 0.6 is 0 Å². The molecule has 0 atom stereocenters. The number of esters is 3. The molecule has 0 bridgehead atoms. The fourth-order valence-corrected chi connectivity index (χ4v) is 3.89. The van der Waals surface area contributed by atoms with Crippen LogP contribution in [0.25, 0.3) is 0 Å². The van der Waals surface area contributed by atoms with E-state index in [1.807, 2.05) is 37.3 Å². The fourth-order valence-electron chi connectivity index (χ4n) is 3.89. The number of benzene rings is 4. The van der Waals surface area contributed by atoms with Gasteiger partial charge >= 0.3 is 17.9 Å². The van der Waals surface area contributed by atoms with Gasteiger partial charge in [-0.15, -0.1) is 0 Å². The number of unbranched alkanes of at least 4 members (excludes halogenated alkanes) is 1. The van der Waals surface area contributed by atoms with Crippen molar-refractivity contribution in [3.63, 3.8) is 0 Å². The Morgan fingerprint density at radius 2 is 1.30 bits per heavy atom. The van der Waals surface area contributed by atoms with Gasteiger partial charge in [0, 0.05) is 0 Å². The number of rotatable bonds is 14.